The standard InChI is InChI=1S/C24H28N4O3/c1-3-30-24(29)21-15(2)27-18-7-6-8-19(22(18)23(21)25)31-17-12-10-16(11-13-17)28-20-9-4-5-14-26-20/h4-9,14,16-17H,3,10-13H2,1-2H3,(H2,25,27)(H,26,28). The third kappa shape index (κ3) is 4.55. The summed E-state index contributed by atoms with van der Waals surface area (Å²) in [6.45, 7) is 3.82. The molecule has 162 valence electrons. The van der Waals surface area contributed by atoms with E-state index in [4.69, 9.17) is 15.2 Å². The van der Waals surface area contributed by atoms with Crippen molar-refractivity contribution in [2.24, 2.45) is 0 Å². The summed E-state index contributed by atoms with van der Waals surface area (Å²) in [6, 6.07) is 11.9. The van der Waals surface area contributed by atoms with Crippen molar-refractivity contribution in [2.75, 3.05) is 17.7 Å². The molecule has 3 N–H and O–H groups in total. The van der Waals surface area contributed by atoms with Crippen molar-refractivity contribution in [3.8, 4) is 5.75 Å². The summed E-state index contributed by atoms with van der Waals surface area (Å²) < 4.78 is 11.5. The van der Waals surface area contributed by atoms with E-state index in [9.17, 15) is 4.79 Å². The molecule has 0 radical (unpaired) electrons. The molecule has 31 heavy (non-hydrogen) atoms. The molecule has 0 saturated heterocycles. The number of anilines is 2. The lowest BCUT2D eigenvalue weighted by molar-refractivity contribution is 0.0526. The lowest BCUT2D eigenvalue weighted by Gasteiger charge is -2.30. The zero-order valence-corrected chi connectivity index (χ0v) is 17.9. The van der Waals surface area contributed by atoms with Crippen LogP contribution >= 0.6 is 0 Å². The molecule has 0 amide bonds. The number of benzene rings is 1. The van der Waals surface area contributed by atoms with Crippen molar-refractivity contribution >= 4 is 28.4 Å². The number of carbonyl (C=O) groups excluding carboxylic acids is 1. The number of nitrogens with zero attached hydrogens (tertiary/aromatic N) is 2. The molecule has 7 nitrogen and oxygen atoms in total. The van der Waals surface area contributed by atoms with Gasteiger partial charge in [0.2, 0.25) is 0 Å². The Kier molecular flexibility index (Phi) is 6.21. The van der Waals surface area contributed by atoms with Gasteiger partial charge in [-0.1, -0.05) is 12.1 Å². The molecule has 2 heterocycles. The number of hydrogen-bond donors (Lipinski definition) is 2. The monoisotopic (exact) mass is 420 g/mol. The van der Waals surface area contributed by atoms with Crippen LogP contribution in [-0.2, 0) is 4.74 Å². The molecular formula is C24H28N4O3. The first-order valence-corrected chi connectivity index (χ1v) is 10.8. The van der Waals surface area contributed by atoms with Gasteiger partial charge in [-0.3, -0.25) is 4.98 Å². The molecule has 1 aromatic carbocycles. The zero-order chi connectivity index (χ0) is 21.8. The summed E-state index contributed by atoms with van der Waals surface area (Å²) in [7, 11) is 0. The van der Waals surface area contributed by atoms with Crippen molar-refractivity contribution in [2.45, 2.75) is 51.7 Å². The molecule has 7 heteroatoms. The van der Waals surface area contributed by atoms with Crippen LogP contribution in [0.2, 0.25) is 0 Å². The van der Waals surface area contributed by atoms with Crippen molar-refractivity contribution in [1.82, 2.24) is 9.97 Å². The van der Waals surface area contributed by atoms with Crippen molar-refractivity contribution in [3.05, 3.63) is 53.9 Å². The highest BCUT2D eigenvalue weighted by Gasteiger charge is 2.25. The lowest BCUT2D eigenvalue weighted by atomic mass is 9.93. The van der Waals surface area contributed by atoms with Gasteiger partial charge >= 0.3 is 5.97 Å². The Morgan fingerprint density at radius 3 is 2.68 bits per heavy atom. The highest BCUT2D eigenvalue weighted by molar-refractivity contribution is 6.07. The minimum absolute atomic E-state index is 0.0825. The Bertz CT molecular complexity index is 1060. The second-order valence-corrected chi connectivity index (χ2v) is 7.81. The maximum atomic E-state index is 12.4. The zero-order valence-electron chi connectivity index (χ0n) is 17.9. The fourth-order valence-corrected chi connectivity index (χ4v) is 4.16. The van der Waals surface area contributed by atoms with E-state index in [2.05, 4.69) is 15.3 Å². The molecule has 0 aliphatic heterocycles. The molecule has 1 aliphatic rings. The van der Waals surface area contributed by atoms with Crippen LogP contribution in [0.5, 0.6) is 5.75 Å². The van der Waals surface area contributed by atoms with Gasteiger partial charge in [0.1, 0.15) is 17.1 Å². The lowest BCUT2D eigenvalue weighted by Crippen LogP contribution is -2.31. The Labute approximate surface area is 182 Å². The molecule has 0 atom stereocenters. The average molecular weight is 421 g/mol. The third-order valence-corrected chi connectivity index (χ3v) is 5.66. The summed E-state index contributed by atoms with van der Waals surface area (Å²) in [4.78, 5) is 21.3. The first-order chi connectivity index (χ1) is 15.1. The van der Waals surface area contributed by atoms with Crippen LogP contribution in [-0.4, -0.2) is 34.7 Å². The maximum absolute atomic E-state index is 12.4. The second kappa shape index (κ2) is 9.20. The number of aromatic nitrogens is 2. The Balaban J connectivity index is 1.51. The van der Waals surface area contributed by atoms with Gasteiger partial charge in [-0.15, -0.1) is 0 Å². The minimum Gasteiger partial charge on any atom is -0.490 e. The van der Waals surface area contributed by atoms with Gasteiger partial charge in [0.15, 0.2) is 0 Å². The van der Waals surface area contributed by atoms with Gasteiger partial charge in [-0.25, -0.2) is 9.78 Å². The molecule has 1 aliphatic carbocycles. The predicted octanol–water partition coefficient (Wildman–Crippen LogP) is 4.50. The number of ether oxygens (including phenoxy) is 2. The second-order valence-electron chi connectivity index (χ2n) is 7.81. The largest absolute Gasteiger partial charge is 0.490 e. The number of fused-ring (bicyclic) bond motifs is 1. The number of rotatable bonds is 6. The molecule has 1 fully saturated rings. The van der Waals surface area contributed by atoms with E-state index in [-0.39, 0.29) is 12.7 Å². The number of nitrogen functional groups attached to an aromatic ring is 1. The van der Waals surface area contributed by atoms with E-state index in [1.54, 1.807) is 20.0 Å². The number of carbonyl (C=O) groups is 1. The van der Waals surface area contributed by atoms with Gasteiger partial charge in [0.05, 0.1) is 35.0 Å². The predicted molar refractivity (Wildman–Crippen MR) is 121 cm³/mol. The number of nitrogens with two attached hydrogens (primary N) is 1. The molecule has 0 unspecified atom stereocenters. The number of esters is 1. The van der Waals surface area contributed by atoms with Gasteiger partial charge in [0.25, 0.3) is 0 Å². The normalized spacial score (nSPS) is 18.5. The van der Waals surface area contributed by atoms with E-state index >= 15 is 0 Å². The maximum Gasteiger partial charge on any atom is 0.342 e. The third-order valence-electron chi connectivity index (χ3n) is 5.66. The Morgan fingerprint density at radius 2 is 1.97 bits per heavy atom. The smallest absolute Gasteiger partial charge is 0.342 e. The molecule has 0 spiro atoms. The van der Waals surface area contributed by atoms with Gasteiger partial charge in [-0.2, -0.15) is 0 Å². The molecule has 3 aromatic rings. The Morgan fingerprint density at radius 1 is 1.16 bits per heavy atom. The summed E-state index contributed by atoms with van der Waals surface area (Å²) in [5, 5.41) is 4.17. The molecule has 0 bridgehead atoms. The summed E-state index contributed by atoms with van der Waals surface area (Å²) in [6.07, 6.45) is 5.71. The fourth-order valence-electron chi connectivity index (χ4n) is 4.16. The minimum atomic E-state index is -0.456. The van der Waals surface area contributed by atoms with Crippen LogP contribution in [0.15, 0.2) is 42.6 Å². The quantitative estimate of drug-likeness (QED) is 0.566. The van der Waals surface area contributed by atoms with Crippen LogP contribution < -0.4 is 15.8 Å². The summed E-state index contributed by atoms with van der Waals surface area (Å²) >= 11 is 0. The summed E-state index contributed by atoms with van der Waals surface area (Å²) in [5.74, 6) is 1.11. The van der Waals surface area contributed by atoms with Gasteiger partial charge in [0, 0.05) is 12.2 Å². The van der Waals surface area contributed by atoms with Crippen molar-refractivity contribution < 1.29 is 14.3 Å². The SMILES string of the molecule is CCOC(=O)c1c(C)nc2cccc(OC3CCC(Nc4ccccn4)CC3)c2c1N. The molecular weight excluding hydrogens is 392 g/mol. The van der Waals surface area contributed by atoms with Crippen LogP contribution in [0.3, 0.4) is 0 Å². The first kappa shape index (κ1) is 20.9. The fraction of sp³-hybridized carbons (Fsp3) is 0.375. The van der Waals surface area contributed by atoms with Crippen LogP contribution in [0, 0.1) is 6.92 Å². The van der Waals surface area contributed by atoms with Crippen molar-refractivity contribution in [1.29, 1.82) is 0 Å². The van der Waals surface area contributed by atoms with Crippen LogP contribution in [0.1, 0.15) is 48.7 Å². The number of pyridine rings is 2. The van der Waals surface area contributed by atoms with Crippen LogP contribution in [0.4, 0.5) is 11.5 Å². The first-order valence-electron chi connectivity index (χ1n) is 10.8. The van der Waals surface area contributed by atoms with E-state index in [0.29, 0.717) is 39.6 Å². The van der Waals surface area contributed by atoms with E-state index in [0.717, 1.165) is 31.5 Å². The highest BCUT2D eigenvalue weighted by Crippen LogP contribution is 2.36. The highest BCUT2D eigenvalue weighted by atomic mass is 16.5. The van der Waals surface area contributed by atoms with E-state index in [1.807, 2.05) is 36.4 Å². The van der Waals surface area contributed by atoms with E-state index in [1.165, 1.54) is 0 Å². The Hall–Kier alpha value is -3.35. The summed E-state index contributed by atoms with van der Waals surface area (Å²) in [5.41, 5.74) is 8.37. The average Bonchev–Trinajstić information content (AvgIpc) is 2.76. The van der Waals surface area contributed by atoms with E-state index < -0.39 is 5.97 Å². The molecule has 2 aromatic heterocycles. The topological polar surface area (TPSA) is 99.4 Å². The number of hydrogen-bond acceptors (Lipinski definition) is 7. The molecule has 1 saturated carbocycles. The number of aryl methyl sites for hydroxylation is 1. The van der Waals surface area contributed by atoms with Crippen LogP contribution in [0.25, 0.3) is 10.9 Å². The number of nitrogens with one attached hydrogen (secondary N) is 1. The van der Waals surface area contributed by atoms with Crippen molar-refractivity contribution in [3.63, 3.8) is 0 Å². The molecule has 4 rings (SSSR count). The van der Waals surface area contributed by atoms with Gasteiger partial charge < -0.3 is 20.5 Å². The van der Waals surface area contributed by atoms with Gasteiger partial charge in [-0.05, 0) is 63.8 Å².